The lowest BCUT2D eigenvalue weighted by Crippen LogP contribution is -2.00. The molecular weight excluding hydrogens is 765 g/mol. The Morgan fingerprint density at radius 1 is 0.242 bits per heavy atom. The molecule has 0 aliphatic carbocycles. The maximum absolute atomic E-state index is 5.40. The highest BCUT2D eigenvalue weighted by Crippen LogP contribution is 2.34. The van der Waals surface area contributed by atoms with E-state index in [-0.39, 0.29) is 0 Å². The fourth-order valence-electron chi connectivity index (χ4n) is 7.46. The topological polar surface area (TPSA) is 95.8 Å². The Bertz CT molecular complexity index is 2980. The van der Waals surface area contributed by atoms with Crippen LogP contribution in [-0.2, 0) is 0 Å². The van der Waals surface area contributed by atoms with Gasteiger partial charge in [-0.15, -0.1) is 0 Å². The summed E-state index contributed by atoms with van der Waals surface area (Å²) in [7, 11) is 3.32. The lowest BCUT2D eigenvalue weighted by Gasteiger charge is -2.11. The molecule has 8 nitrogen and oxygen atoms in total. The standard InChI is InChI=1S/C54H38N6O2/c1-61-47-27-23-38(24-28-47)51-55-49(36-11-5-3-6-12-36)57-53(59-51)44-17-9-15-40(31-44)42-21-19-35-20-22-43(34-46(35)33-42)41-16-10-18-45(32-41)54-58-50(37-13-7-4-8-14-37)56-52(60-54)39-25-29-48(62-2)30-26-39/h3-34H,1-2H3. The van der Waals surface area contributed by atoms with Crippen LogP contribution >= 0.6 is 0 Å². The maximum atomic E-state index is 5.40. The third kappa shape index (κ3) is 7.88. The molecule has 8 aromatic carbocycles. The number of hydrogen-bond acceptors (Lipinski definition) is 8. The number of ether oxygens (including phenoxy) is 2. The molecule has 0 atom stereocenters. The van der Waals surface area contributed by atoms with Gasteiger partial charge in [0.2, 0.25) is 0 Å². The van der Waals surface area contributed by atoms with Gasteiger partial charge in [0.25, 0.3) is 0 Å². The molecule has 8 heteroatoms. The molecule has 62 heavy (non-hydrogen) atoms. The van der Waals surface area contributed by atoms with Crippen molar-refractivity contribution in [1.82, 2.24) is 29.9 Å². The third-order valence-corrected chi connectivity index (χ3v) is 10.8. The van der Waals surface area contributed by atoms with Gasteiger partial charge in [0.05, 0.1) is 14.2 Å². The van der Waals surface area contributed by atoms with Gasteiger partial charge in [0.1, 0.15) is 11.5 Å². The van der Waals surface area contributed by atoms with Crippen LogP contribution < -0.4 is 9.47 Å². The second kappa shape index (κ2) is 16.7. The van der Waals surface area contributed by atoms with E-state index in [0.29, 0.717) is 34.9 Å². The largest absolute Gasteiger partial charge is 0.497 e. The van der Waals surface area contributed by atoms with E-state index in [1.165, 1.54) is 0 Å². The van der Waals surface area contributed by atoms with E-state index in [2.05, 4.69) is 72.8 Å². The molecule has 296 valence electrons. The predicted molar refractivity (Wildman–Crippen MR) is 247 cm³/mol. The number of fused-ring (bicyclic) bond motifs is 1. The smallest absolute Gasteiger partial charge is 0.164 e. The normalized spacial score (nSPS) is 11.1. The highest BCUT2D eigenvalue weighted by atomic mass is 16.5. The number of nitrogens with zero attached hydrogens (tertiary/aromatic N) is 6. The highest BCUT2D eigenvalue weighted by Gasteiger charge is 2.16. The molecule has 10 rings (SSSR count). The van der Waals surface area contributed by atoms with Crippen LogP contribution in [0.25, 0.3) is 101 Å². The number of rotatable bonds is 10. The van der Waals surface area contributed by atoms with Gasteiger partial charge in [-0.2, -0.15) is 0 Å². The zero-order valence-electron chi connectivity index (χ0n) is 34.0. The summed E-state index contributed by atoms with van der Waals surface area (Å²) in [6, 6.07) is 65.5. The quantitative estimate of drug-likeness (QED) is 0.135. The van der Waals surface area contributed by atoms with Crippen molar-refractivity contribution in [2.45, 2.75) is 0 Å². The number of methoxy groups -OCH3 is 2. The van der Waals surface area contributed by atoms with Crippen molar-refractivity contribution in [3.05, 3.63) is 194 Å². The lowest BCUT2D eigenvalue weighted by molar-refractivity contribution is 0.414. The molecule has 10 aromatic rings. The average Bonchev–Trinajstić information content (AvgIpc) is 3.36. The SMILES string of the molecule is COc1ccc(-c2nc(-c3ccccc3)nc(-c3cccc(-c4ccc5ccc(-c6cccc(-c7nc(-c8ccccc8)nc(-c8ccc(OC)cc8)n7)c6)cc5c4)c3)n2)cc1. The predicted octanol–water partition coefficient (Wildman–Crippen LogP) is 12.6. The Labute approximate surface area is 359 Å². The van der Waals surface area contributed by atoms with Crippen LogP contribution in [0, 0.1) is 0 Å². The molecule has 0 bridgehead atoms. The lowest BCUT2D eigenvalue weighted by atomic mass is 9.96. The van der Waals surface area contributed by atoms with Crippen molar-refractivity contribution >= 4 is 10.8 Å². The molecule has 0 amide bonds. The average molecular weight is 803 g/mol. The van der Waals surface area contributed by atoms with Gasteiger partial charge in [0.15, 0.2) is 34.9 Å². The summed E-state index contributed by atoms with van der Waals surface area (Å²) in [5, 5.41) is 2.27. The van der Waals surface area contributed by atoms with Crippen molar-refractivity contribution in [3.63, 3.8) is 0 Å². The van der Waals surface area contributed by atoms with Gasteiger partial charge in [-0.05, 0) is 106 Å². The van der Waals surface area contributed by atoms with Crippen LogP contribution in [0.2, 0.25) is 0 Å². The van der Waals surface area contributed by atoms with Crippen LogP contribution in [0.4, 0.5) is 0 Å². The first-order valence-electron chi connectivity index (χ1n) is 20.2. The summed E-state index contributed by atoms with van der Waals surface area (Å²) in [5.74, 6) is 5.14. The van der Waals surface area contributed by atoms with Crippen LogP contribution in [0.1, 0.15) is 0 Å². The summed E-state index contributed by atoms with van der Waals surface area (Å²) in [4.78, 5) is 29.7. The first-order valence-corrected chi connectivity index (χ1v) is 20.2. The van der Waals surface area contributed by atoms with E-state index in [1.807, 2.05) is 121 Å². The van der Waals surface area contributed by atoms with Gasteiger partial charge in [-0.25, -0.2) is 29.9 Å². The minimum atomic E-state index is 0.592. The number of aromatic nitrogens is 6. The summed E-state index contributed by atoms with van der Waals surface area (Å²) in [5.41, 5.74) is 9.66. The molecular formula is C54H38N6O2. The Hall–Kier alpha value is -8.36. The van der Waals surface area contributed by atoms with Crippen molar-refractivity contribution < 1.29 is 9.47 Å². The zero-order valence-corrected chi connectivity index (χ0v) is 34.0. The fraction of sp³-hybridized carbons (Fsp3) is 0.0370. The highest BCUT2D eigenvalue weighted by molar-refractivity contribution is 5.91. The Balaban J connectivity index is 0.996. The minimum Gasteiger partial charge on any atom is -0.497 e. The molecule has 2 heterocycles. The van der Waals surface area contributed by atoms with Crippen molar-refractivity contribution in [2.75, 3.05) is 14.2 Å². The second-order valence-electron chi connectivity index (χ2n) is 14.7. The molecule has 0 saturated heterocycles. The summed E-state index contributed by atoms with van der Waals surface area (Å²) in [6.45, 7) is 0. The van der Waals surface area contributed by atoms with Gasteiger partial charge >= 0.3 is 0 Å². The van der Waals surface area contributed by atoms with E-state index in [0.717, 1.165) is 77.9 Å². The summed E-state index contributed by atoms with van der Waals surface area (Å²) < 4.78 is 10.8. The van der Waals surface area contributed by atoms with E-state index in [4.69, 9.17) is 39.4 Å². The molecule has 0 aliphatic heterocycles. The Kier molecular flexibility index (Phi) is 10.2. The Morgan fingerprint density at radius 3 is 0.903 bits per heavy atom. The molecule has 0 spiro atoms. The van der Waals surface area contributed by atoms with E-state index >= 15 is 0 Å². The third-order valence-electron chi connectivity index (χ3n) is 10.8. The summed E-state index contributed by atoms with van der Waals surface area (Å²) >= 11 is 0. The van der Waals surface area contributed by atoms with E-state index < -0.39 is 0 Å². The van der Waals surface area contributed by atoms with Crippen LogP contribution in [0.5, 0.6) is 11.5 Å². The summed E-state index contributed by atoms with van der Waals surface area (Å²) in [6.07, 6.45) is 0. The molecule has 0 fully saturated rings. The molecule has 2 aromatic heterocycles. The molecule has 0 saturated carbocycles. The molecule has 0 unspecified atom stereocenters. The monoisotopic (exact) mass is 802 g/mol. The first kappa shape index (κ1) is 37.9. The van der Waals surface area contributed by atoms with Gasteiger partial charge in [-0.1, -0.05) is 121 Å². The Morgan fingerprint density at radius 2 is 0.532 bits per heavy atom. The van der Waals surface area contributed by atoms with Crippen LogP contribution in [0.3, 0.4) is 0 Å². The maximum Gasteiger partial charge on any atom is 0.164 e. The first-order chi connectivity index (χ1) is 30.6. The van der Waals surface area contributed by atoms with Crippen molar-refractivity contribution in [2.24, 2.45) is 0 Å². The molecule has 0 N–H and O–H groups in total. The van der Waals surface area contributed by atoms with Crippen LogP contribution in [0.15, 0.2) is 194 Å². The van der Waals surface area contributed by atoms with E-state index in [9.17, 15) is 0 Å². The molecule has 0 aliphatic rings. The van der Waals surface area contributed by atoms with Gasteiger partial charge in [-0.3, -0.25) is 0 Å². The number of benzene rings is 8. The number of hydrogen-bond donors (Lipinski definition) is 0. The zero-order chi connectivity index (χ0) is 41.8. The van der Waals surface area contributed by atoms with Gasteiger partial charge < -0.3 is 9.47 Å². The molecule has 0 radical (unpaired) electrons. The minimum absolute atomic E-state index is 0.592. The van der Waals surface area contributed by atoms with E-state index in [1.54, 1.807) is 14.2 Å². The van der Waals surface area contributed by atoms with Crippen LogP contribution in [-0.4, -0.2) is 44.1 Å². The van der Waals surface area contributed by atoms with Gasteiger partial charge in [0, 0.05) is 33.4 Å². The van der Waals surface area contributed by atoms with Crippen molar-refractivity contribution in [1.29, 1.82) is 0 Å². The van der Waals surface area contributed by atoms with Crippen molar-refractivity contribution in [3.8, 4) is 102 Å². The fourth-order valence-corrected chi connectivity index (χ4v) is 7.46. The second-order valence-corrected chi connectivity index (χ2v) is 14.7.